The predicted molar refractivity (Wildman–Crippen MR) is 123 cm³/mol. The first kappa shape index (κ1) is 20.0. The van der Waals surface area contributed by atoms with Crippen LogP contribution in [0.5, 0.6) is 5.75 Å². The first-order valence-electron chi connectivity index (χ1n) is 11.3. The minimum atomic E-state index is -0.462. The number of nitrogens with two attached hydrogens (primary N) is 1. The number of fused-ring (bicyclic) bond motifs is 7. The molecule has 4 heterocycles. The van der Waals surface area contributed by atoms with Crippen molar-refractivity contribution in [2.45, 2.75) is 45.9 Å². The summed E-state index contributed by atoms with van der Waals surface area (Å²) >= 11 is 0. The summed E-state index contributed by atoms with van der Waals surface area (Å²) in [6, 6.07) is 6.66. The summed E-state index contributed by atoms with van der Waals surface area (Å²) in [7, 11) is 0. The fourth-order valence-electron chi connectivity index (χ4n) is 4.61. The SMILES string of the molecule is Cc1cnc2n1Cc1cnn(CC3CC3)c1-c1cnc(N)c(c1)OC(C)c1cc(F)ccc1-2. The van der Waals surface area contributed by atoms with Gasteiger partial charge in [0.15, 0.2) is 11.6 Å². The summed E-state index contributed by atoms with van der Waals surface area (Å²) in [6.45, 7) is 5.39. The molecule has 168 valence electrons. The topological polar surface area (TPSA) is 83.8 Å². The highest BCUT2D eigenvalue weighted by atomic mass is 19.1. The number of benzene rings is 1. The minimum absolute atomic E-state index is 0.299. The highest BCUT2D eigenvalue weighted by molar-refractivity contribution is 5.68. The Hall–Kier alpha value is -3.68. The second-order valence-electron chi connectivity index (χ2n) is 9.05. The van der Waals surface area contributed by atoms with Gasteiger partial charge in [0.05, 0.1) is 18.4 Å². The highest BCUT2D eigenvalue weighted by Crippen LogP contribution is 2.38. The number of nitrogens with zero attached hydrogens (tertiary/aromatic N) is 5. The van der Waals surface area contributed by atoms with Crippen LogP contribution in [0.15, 0.2) is 42.9 Å². The summed E-state index contributed by atoms with van der Waals surface area (Å²) in [5.74, 6) is 1.89. The van der Waals surface area contributed by atoms with E-state index in [0.29, 0.717) is 29.6 Å². The van der Waals surface area contributed by atoms with Crippen LogP contribution in [0.4, 0.5) is 10.2 Å². The van der Waals surface area contributed by atoms with E-state index < -0.39 is 6.10 Å². The molecule has 0 spiro atoms. The van der Waals surface area contributed by atoms with Crippen LogP contribution in [0, 0.1) is 18.7 Å². The van der Waals surface area contributed by atoms with E-state index in [1.165, 1.54) is 25.0 Å². The lowest BCUT2D eigenvalue weighted by Gasteiger charge is -2.22. The van der Waals surface area contributed by atoms with Crippen molar-refractivity contribution in [3.8, 4) is 28.4 Å². The van der Waals surface area contributed by atoms with Gasteiger partial charge in [-0.15, -0.1) is 0 Å². The van der Waals surface area contributed by atoms with Crippen molar-refractivity contribution in [2.24, 2.45) is 5.92 Å². The van der Waals surface area contributed by atoms with Crippen LogP contribution in [0.3, 0.4) is 0 Å². The number of halogens is 1. The van der Waals surface area contributed by atoms with Crippen molar-refractivity contribution in [3.05, 3.63) is 65.5 Å². The van der Waals surface area contributed by atoms with E-state index in [-0.39, 0.29) is 5.82 Å². The first-order chi connectivity index (χ1) is 16.0. The van der Waals surface area contributed by atoms with E-state index in [9.17, 15) is 4.39 Å². The first-order valence-corrected chi connectivity index (χ1v) is 11.3. The Balaban J connectivity index is 1.60. The summed E-state index contributed by atoms with van der Waals surface area (Å²) in [4.78, 5) is 9.12. The van der Waals surface area contributed by atoms with Gasteiger partial charge < -0.3 is 15.0 Å². The van der Waals surface area contributed by atoms with Gasteiger partial charge in [-0.3, -0.25) is 4.68 Å². The molecule has 0 amide bonds. The third-order valence-corrected chi connectivity index (χ3v) is 6.58. The Morgan fingerprint density at radius 3 is 2.82 bits per heavy atom. The number of nitrogen functional groups attached to an aromatic ring is 1. The zero-order chi connectivity index (χ0) is 22.7. The van der Waals surface area contributed by atoms with Gasteiger partial charge in [-0.2, -0.15) is 5.10 Å². The van der Waals surface area contributed by atoms with E-state index in [2.05, 4.69) is 14.2 Å². The van der Waals surface area contributed by atoms with E-state index >= 15 is 0 Å². The number of pyridine rings is 1. The van der Waals surface area contributed by atoms with Gasteiger partial charge >= 0.3 is 0 Å². The molecule has 1 fully saturated rings. The molecule has 1 saturated carbocycles. The predicted octanol–water partition coefficient (Wildman–Crippen LogP) is 4.75. The van der Waals surface area contributed by atoms with Gasteiger partial charge in [-0.25, -0.2) is 14.4 Å². The van der Waals surface area contributed by atoms with Crippen LogP contribution in [-0.2, 0) is 13.1 Å². The molecule has 33 heavy (non-hydrogen) atoms. The number of anilines is 1. The number of aryl methyl sites for hydroxylation is 1. The largest absolute Gasteiger partial charge is 0.482 e. The lowest BCUT2D eigenvalue weighted by Crippen LogP contribution is -2.12. The average Bonchev–Trinajstić information content (AvgIpc) is 3.42. The number of imidazole rings is 1. The van der Waals surface area contributed by atoms with Crippen molar-refractivity contribution in [2.75, 3.05) is 5.73 Å². The third-order valence-electron chi connectivity index (χ3n) is 6.58. The standard InChI is InChI=1S/C25H25FN6O/c1-14-9-29-25-20-6-5-19(26)8-21(20)15(2)33-22-7-17(10-28-24(22)27)23-18(13-31(14)25)11-30-32(23)12-16-3-4-16/h5-11,15-16H,3-4,12-13H2,1-2H3,(H2,27,28). The van der Waals surface area contributed by atoms with Crippen molar-refractivity contribution in [1.82, 2.24) is 24.3 Å². The molecule has 1 aliphatic carbocycles. The molecule has 0 saturated heterocycles. The quantitative estimate of drug-likeness (QED) is 0.482. The summed E-state index contributed by atoms with van der Waals surface area (Å²) in [5.41, 5.74) is 11.7. The second-order valence-corrected chi connectivity index (χ2v) is 9.05. The highest BCUT2D eigenvalue weighted by Gasteiger charge is 2.27. The van der Waals surface area contributed by atoms with Crippen molar-refractivity contribution in [3.63, 3.8) is 0 Å². The van der Waals surface area contributed by atoms with Crippen molar-refractivity contribution in [1.29, 1.82) is 0 Å². The molecule has 1 aromatic carbocycles. The number of rotatable bonds is 2. The Kier molecular flexibility index (Phi) is 4.50. The van der Waals surface area contributed by atoms with E-state index in [1.807, 2.05) is 32.3 Å². The molecule has 2 bridgehead atoms. The van der Waals surface area contributed by atoms with Crippen LogP contribution in [-0.4, -0.2) is 24.3 Å². The fraction of sp³-hybridized carbons (Fsp3) is 0.320. The molecular formula is C25H25FN6O. The van der Waals surface area contributed by atoms with Gasteiger partial charge in [0.1, 0.15) is 17.7 Å². The molecule has 4 aromatic rings. The number of aromatic nitrogens is 5. The average molecular weight is 445 g/mol. The van der Waals surface area contributed by atoms with E-state index in [4.69, 9.17) is 20.6 Å². The molecule has 2 N–H and O–H groups in total. The van der Waals surface area contributed by atoms with Gasteiger partial charge in [-0.05, 0) is 56.9 Å². The number of hydrogen-bond donors (Lipinski definition) is 1. The zero-order valence-electron chi connectivity index (χ0n) is 18.6. The van der Waals surface area contributed by atoms with E-state index in [0.717, 1.165) is 40.4 Å². The molecule has 3 aromatic heterocycles. The Bertz CT molecular complexity index is 1370. The fourth-order valence-corrected chi connectivity index (χ4v) is 4.61. The summed E-state index contributed by atoms with van der Waals surface area (Å²) in [5, 5.41) is 4.74. The van der Waals surface area contributed by atoms with Gasteiger partial charge in [0.2, 0.25) is 0 Å². The molecule has 7 nitrogen and oxygen atoms in total. The maximum Gasteiger partial charge on any atom is 0.166 e. The molecule has 6 rings (SSSR count). The Morgan fingerprint density at radius 1 is 1.15 bits per heavy atom. The monoisotopic (exact) mass is 444 g/mol. The lowest BCUT2D eigenvalue weighted by atomic mass is 10.0. The normalized spacial score (nSPS) is 17.2. The summed E-state index contributed by atoms with van der Waals surface area (Å²) in [6.07, 6.45) is 7.56. The molecule has 1 unspecified atom stereocenters. The lowest BCUT2D eigenvalue weighted by molar-refractivity contribution is 0.227. The van der Waals surface area contributed by atoms with Gasteiger partial charge in [-0.1, -0.05) is 0 Å². The Morgan fingerprint density at radius 2 is 2.00 bits per heavy atom. The Labute approximate surface area is 191 Å². The maximum absolute atomic E-state index is 14.3. The van der Waals surface area contributed by atoms with E-state index in [1.54, 1.807) is 12.3 Å². The van der Waals surface area contributed by atoms with Crippen LogP contribution in [0.2, 0.25) is 0 Å². The summed E-state index contributed by atoms with van der Waals surface area (Å²) < 4.78 is 24.8. The van der Waals surface area contributed by atoms with Crippen molar-refractivity contribution < 1.29 is 9.13 Å². The van der Waals surface area contributed by atoms with Gasteiger partial charge in [0.25, 0.3) is 0 Å². The van der Waals surface area contributed by atoms with Crippen LogP contribution < -0.4 is 10.5 Å². The smallest absolute Gasteiger partial charge is 0.166 e. The molecular weight excluding hydrogens is 419 g/mol. The number of ether oxygens (including phenoxy) is 1. The molecule has 8 heteroatoms. The van der Waals surface area contributed by atoms with Gasteiger partial charge in [0, 0.05) is 46.9 Å². The molecule has 0 radical (unpaired) electrons. The second kappa shape index (κ2) is 7.43. The zero-order valence-corrected chi connectivity index (χ0v) is 18.6. The van der Waals surface area contributed by atoms with Crippen molar-refractivity contribution >= 4 is 5.82 Å². The number of hydrogen-bond acceptors (Lipinski definition) is 5. The van der Waals surface area contributed by atoms with Crippen LogP contribution >= 0.6 is 0 Å². The molecule has 1 atom stereocenters. The third kappa shape index (κ3) is 3.46. The minimum Gasteiger partial charge on any atom is -0.482 e. The van der Waals surface area contributed by atoms with Crippen LogP contribution in [0.25, 0.3) is 22.6 Å². The van der Waals surface area contributed by atoms with Crippen LogP contribution in [0.1, 0.15) is 42.7 Å². The maximum atomic E-state index is 14.3. The molecule has 2 aliphatic rings. The molecule has 1 aliphatic heterocycles.